The minimum absolute atomic E-state index is 0.0266. The monoisotopic (exact) mass is 332 g/mol. The summed E-state index contributed by atoms with van der Waals surface area (Å²) in [5.74, 6) is 1.63. The maximum Gasteiger partial charge on any atom is 0.255 e. The summed E-state index contributed by atoms with van der Waals surface area (Å²) in [5, 5.41) is 3.85. The fraction of sp³-hybridized carbons (Fsp3) is 0.500. The zero-order valence-electron chi connectivity index (χ0n) is 13.9. The number of hydrogen-bond donors (Lipinski definition) is 0. The second-order valence-electron chi connectivity index (χ2n) is 5.80. The number of rotatable bonds is 5. The van der Waals surface area contributed by atoms with Crippen LogP contribution < -0.4 is 4.74 Å². The molecular weight excluding hydrogens is 312 g/mol. The van der Waals surface area contributed by atoms with E-state index in [2.05, 4.69) is 15.1 Å². The Labute approximate surface area is 139 Å². The highest BCUT2D eigenvalue weighted by Crippen LogP contribution is 2.32. The zero-order valence-corrected chi connectivity index (χ0v) is 13.9. The van der Waals surface area contributed by atoms with Gasteiger partial charge in [-0.3, -0.25) is 4.79 Å². The van der Waals surface area contributed by atoms with Gasteiger partial charge in [0.05, 0.1) is 25.2 Å². The Bertz CT molecular complexity index is 700. The average Bonchev–Trinajstić information content (AvgIpc) is 3.21. The fourth-order valence-electron chi connectivity index (χ4n) is 2.97. The summed E-state index contributed by atoms with van der Waals surface area (Å²) in [4.78, 5) is 22.9. The quantitative estimate of drug-likeness (QED) is 0.814. The van der Waals surface area contributed by atoms with E-state index in [9.17, 15) is 4.79 Å². The molecule has 2 aromatic heterocycles. The maximum absolute atomic E-state index is 12.7. The number of aromatic nitrogens is 3. The number of methoxy groups -OCH3 is 2. The summed E-state index contributed by atoms with van der Waals surface area (Å²) in [6.45, 7) is 3.39. The highest BCUT2D eigenvalue weighted by atomic mass is 16.5. The van der Waals surface area contributed by atoms with E-state index in [4.69, 9.17) is 14.0 Å². The molecule has 1 fully saturated rings. The van der Waals surface area contributed by atoms with E-state index in [0.717, 1.165) is 0 Å². The molecule has 0 aromatic carbocycles. The van der Waals surface area contributed by atoms with Crippen molar-refractivity contribution in [3.8, 4) is 5.88 Å². The molecule has 8 heteroatoms. The minimum Gasteiger partial charge on any atom is -0.481 e. The third-order valence-electron chi connectivity index (χ3n) is 4.16. The Morgan fingerprint density at radius 2 is 2.21 bits per heavy atom. The van der Waals surface area contributed by atoms with Gasteiger partial charge in [0.25, 0.3) is 5.91 Å². The number of pyridine rings is 1. The van der Waals surface area contributed by atoms with Crippen molar-refractivity contribution < 1.29 is 18.8 Å². The molecule has 24 heavy (non-hydrogen) atoms. The molecular formula is C16H20N4O4. The normalized spacial score (nSPS) is 20.4. The number of nitrogens with zero attached hydrogens (tertiary/aromatic N) is 4. The van der Waals surface area contributed by atoms with Crippen molar-refractivity contribution in [2.24, 2.45) is 5.92 Å². The average molecular weight is 332 g/mol. The largest absolute Gasteiger partial charge is 0.481 e. The number of carbonyl (C=O) groups excluding carboxylic acids is 1. The molecule has 1 aliphatic rings. The van der Waals surface area contributed by atoms with Gasteiger partial charge in [0.2, 0.25) is 11.8 Å². The van der Waals surface area contributed by atoms with Crippen LogP contribution in [0.1, 0.15) is 28.0 Å². The molecule has 3 rings (SSSR count). The lowest BCUT2D eigenvalue weighted by atomic mass is 9.97. The first-order valence-corrected chi connectivity index (χ1v) is 7.70. The Balaban J connectivity index is 1.77. The van der Waals surface area contributed by atoms with Gasteiger partial charge in [-0.25, -0.2) is 4.98 Å². The Morgan fingerprint density at radius 1 is 1.38 bits per heavy atom. The van der Waals surface area contributed by atoms with Gasteiger partial charge in [0.15, 0.2) is 5.82 Å². The SMILES string of the molecule is COC[C@@H]1CN(C(=O)c2ccc(OC)nc2)C[C@H]1c1nc(C)no1. The second-order valence-corrected chi connectivity index (χ2v) is 5.80. The third-order valence-corrected chi connectivity index (χ3v) is 4.16. The molecule has 2 aromatic rings. The van der Waals surface area contributed by atoms with E-state index < -0.39 is 0 Å². The van der Waals surface area contributed by atoms with Crippen LogP contribution in [-0.2, 0) is 4.74 Å². The van der Waals surface area contributed by atoms with E-state index in [0.29, 0.717) is 42.9 Å². The lowest BCUT2D eigenvalue weighted by Gasteiger charge is -2.16. The molecule has 3 heterocycles. The zero-order chi connectivity index (χ0) is 17.1. The Morgan fingerprint density at radius 3 is 2.79 bits per heavy atom. The molecule has 0 bridgehead atoms. The van der Waals surface area contributed by atoms with Gasteiger partial charge in [-0.1, -0.05) is 5.16 Å². The maximum atomic E-state index is 12.7. The van der Waals surface area contributed by atoms with Crippen molar-refractivity contribution in [2.75, 3.05) is 33.9 Å². The van der Waals surface area contributed by atoms with Gasteiger partial charge in [-0.2, -0.15) is 4.98 Å². The smallest absolute Gasteiger partial charge is 0.255 e. The lowest BCUT2D eigenvalue weighted by Crippen LogP contribution is -2.29. The number of hydrogen-bond acceptors (Lipinski definition) is 7. The van der Waals surface area contributed by atoms with E-state index in [-0.39, 0.29) is 17.7 Å². The van der Waals surface area contributed by atoms with Gasteiger partial charge in [0.1, 0.15) is 0 Å². The van der Waals surface area contributed by atoms with Crippen LogP contribution in [0.25, 0.3) is 0 Å². The van der Waals surface area contributed by atoms with E-state index in [1.54, 1.807) is 31.1 Å². The van der Waals surface area contributed by atoms with Crippen molar-refractivity contribution >= 4 is 5.91 Å². The molecule has 1 aliphatic heterocycles. The van der Waals surface area contributed by atoms with E-state index >= 15 is 0 Å². The van der Waals surface area contributed by atoms with Gasteiger partial charge >= 0.3 is 0 Å². The van der Waals surface area contributed by atoms with Crippen LogP contribution in [0.3, 0.4) is 0 Å². The molecule has 0 saturated carbocycles. The van der Waals surface area contributed by atoms with E-state index in [1.807, 2.05) is 0 Å². The molecule has 2 atom stereocenters. The summed E-state index contributed by atoms with van der Waals surface area (Å²) in [6.07, 6.45) is 1.52. The summed E-state index contributed by atoms with van der Waals surface area (Å²) in [6, 6.07) is 3.39. The lowest BCUT2D eigenvalue weighted by molar-refractivity contribution is 0.0775. The van der Waals surface area contributed by atoms with Gasteiger partial charge in [-0.05, 0) is 13.0 Å². The number of ether oxygens (including phenoxy) is 2. The van der Waals surface area contributed by atoms with E-state index in [1.165, 1.54) is 13.3 Å². The van der Waals surface area contributed by atoms with Crippen molar-refractivity contribution in [1.82, 2.24) is 20.0 Å². The molecule has 0 aliphatic carbocycles. The second kappa shape index (κ2) is 6.96. The minimum atomic E-state index is -0.0787. The first kappa shape index (κ1) is 16.4. The third kappa shape index (κ3) is 3.23. The fourth-order valence-corrected chi connectivity index (χ4v) is 2.97. The molecule has 1 saturated heterocycles. The molecule has 0 N–H and O–H groups in total. The predicted octanol–water partition coefficient (Wildman–Crippen LogP) is 1.28. The molecule has 1 amide bonds. The first-order chi connectivity index (χ1) is 11.6. The topological polar surface area (TPSA) is 90.6 Å². The highest BCUT2D eigenvalue weighted by molar-refractivity contribution is 5.94. The summed E-state index contributed by atoms with van der Waals surface area (Å²) in [5.41, 5.74) is 0.523. The van der Waals surface area contributed by atoms with Gasteiger partial charge in [0, 0.05) is 38.4 Å². The summed E-state index contributed by atoms with van der Waals surface area (Å²) in [7, 11) is 3.19. The number of likely N-dealkylation sites (tertiary alicyclic amines) is 1. The molecule has 0 spiro atoms. The van der Waals surface area contributed by atoms with Crippen LogP contribution >= 0.6 is 0 Å². The van der Waals surface area contributed by atoms with Crippen LogP contribution in [0.2, 0.25) is 0 Å². The predicted molar refractivity (Wildman–Crippen MR) is 83.8 cm³/mol. The van der Waals surface area contributed by atoms with Crippen molar-refractivity contribution in [3.05, 3.63) is 35.6 Å². The molecule has 0 radical (unpaired) electrons. The highest BCUT2D eigenvalue weighted by Gasteiger charge is 2.39. The van der Waals surface area contributed by atoms with Gasteiger partial charge < -0.3 is 18.9 Å². The number of aryl methyl sites for hydroxylation is 1. The molecule has 8 nitrogen and oxygen atoms in total. The number of amides is 1. The summed E-state index contributed by atoms with van der Waals surface area (Å²) < 4.78 is 15.6. The standard InChI is InChI=1S/C16H20N4O4/c1-10-18-15(24-19-10)13-8-20(7-12(13)9-22-2)16(21)11-4-5-14(23-3)17-6-11/h4-6,12-13H,7-9H2,1-3H3/t12-,13+/m0/s1. The first-order valence-electron chi connectivity index (χ1n) is 7.70. The molecule has 128 valence electrons. The Kier molecular flexibility index (Phi) is 4.75. The van der Waals surface area contributed by atoms with Crippen LogP contribution in [0, 0.1) is 12.8 Å². The van der Waals surface area contributed by atoms with Crippen LogP contribution in [0.15, 0.2) is 22.9 Å². The molecule has 0 unspecified atom stereocenters. The Hall–Kier alpha value is -2.48. The van der Waals surface area contributed by atoms with Crippen LogP contribution in [0.4, 0.5) is 0 Å². The number of carbonyl (C=O) groups is 1. The van der Waals surface area contributed by atoms with Crippen LogP contribution in [0.5, 0.6) is 5.88 Å². The summed E-state index contributed by atoms with van der Waals surface area (Å²) >= 11 is 0. The van der Waals surface area contributed by atoms with Crippen molar-refractivity contribution in [1.29, 1.82) is 0 Å². The van der Waals surface area contributed by atoms with Crippen LogP contribution in [-0.4, -0.2) is 59.8 Å². The van der Waals surface area contributed by atoms with Crippen molar-refractivity contribution in [3.63, 3.8) is 0 Å². The van der Waals surface area contributed by atoms with Gasteiger partial charge in [-0.15, -0.1) is 0 Å². The van der Waals surface area contributed by atoms with Crippen molar-refractivity contribution in [2.45, 2.75) is 12.8 Å².